The zero-order valence-corrected chi connectivity index (χ0v) is 12.5. The Kier molecular flexibility index (Phi) is 5.92. The van der Waals surface area contributed by atoms with E-state index in [9.17, 15) is 4.79 Å². The second-order valence-electron chi connectivity index (χ2n) is 4.88. The molecule has 1 aromatic carbocycles. The fraction of sp³-hybridized carbons (Fsp3) is 0.333. The highest BCUT2D eigenvalue weighted by atomic mass is 32.1. The first kappa shape index (κ1) is 15.9. The van der Waals surface area contributed by atoms with E-state index in [1.165, 1.54) is 0 Å². The molecule has 0 aromatic heterocycles. The third-order valence-electron chi connectivity index (χ3n) is 2.01. The largest absolute Gasteiger partial charge is 0.444 e. The fourth-order valence-corrected chi connectivity index (χ4v) is 1.39. The van der Waals surface area contributed by atoms with Crippen LogP contribution in [-0.4, -0.2) is 23.4 Å². The van der Waals surface area contributed by atoms with Gasteiger partial charge in [0.1, 0.15) is 5.60 Å². The Morgan fingerprint density at radius 3 is 2.75 bits per heavy atom. The van der Waals surface area contributed by atoms with Crippen LogP contribution in [0, 0.1) is 11.8 Å². The fourth-order valence-electron chi connectivity index (χ4n) is 1.30. The number of para-hydroxylation sites is 1. The number of alkyl carbamates (subject to hydrolysis) is 1. The quantitative estimate of drug-likeness (QED) is 0.516. The average molecular weight is 288 g/mol. The molecular weight excluding hydrogens is 272 g/mol. The van der Waals surface area contributed by atoms with Crippen LogP contribution >= 0.6 is 12.2 Å². The van der Waals surface area contributed by atoms with Gasteiger partial charge in [0.2, 0.25) is 0 Å². The van der Waals surface area contributed by atoms with E-state index in [4.69, 9.17) is 4.74 Å². The summed E-state index contributed by atoms with van der Waals surface area (Å²) in [4.78, 5) is 15.3. The minimum Gasteiger partial charge on any atom is -0.444 e. The van der Waals surface area contributed by atoms with Gasteiger partial charge in [-0.05, 0) is 45.1 Å². The number of hydrogen-bond donors (Lipinski definition) is 1. The Hall–Kier alpha value is -2.15. The molecule has 0 fully saturated rings. The summed E-state index contributed by atoms with van der Waals surface area (Å²) in [6, 6.07) is 7.32. The van der Waals surface area contributed by atoms with Gasteiger partial charge in [-0.1, -0.05) is 24.0 Å². The molecule has 0 aliphatic rings. The predicted octanol–water partition coefficient (Wildman–Crippen LogP) is 3.30. The number of amides is 1. The molecule has 0 saturated heterocycles. The zero-order chi connectivity index (χ0) is 15.0. The number of ether oxygens (including phenoxy) is 1. The first-order valence-electron chi connectivity index (χ1n) is 6.05. The van der Waals surface area contributed by atoms with Crippen LogP contribution in [0.2, 0.25) is 0 Å². The van der Waals surface area contributed by atoms with E-state index in [-0.39, 0.29) is 6.54 Å². The van der Waals surface area contributed by atoms with E-state index in [0.717, 1.165) is 5.56 Å². The predicted molar refractivity (Wildman–Crippen MR) is 82.2 cm³/mol. The molecule has 0 spiro atoms. The molecule has 0 bridgehead atoms. The van der Waals surface area contributed by atoms with E-state index < -0.39 is 11.7 Å². The molecule has 0 radical (unpaired) electrons. The van der Waals surface area contributed by atoms with Crippen LogP contribution in [-0.2, 0) is 4.74 Å². The highest BCUT2D eigenvalue weighted by Gasteiger charge is 2.14. The topological polar surface area (TPSA) is 50.7 Å². The standard InChI is InChI=1S/C15H16N2O2S/c1-15(2,3)19-14(18)16-10-6-8-12-7-4-5-9-13(12)17-11-20/h4-5,7,9H,10H2,1-3H3,(H,16,18). The van der Waals surface area contributed by atoms with Crippen molar-refractivity contribution in [3.63, 3.8) is 0 Å². The number of isothiocyanates is 1. The van der Waals surface area contributed by atoms with Crippen molar-refractivity contribution in [3.8, 4) is 11.8 Å². The van der Waals surface area contributed by atoms with Gasteiger partial charge >= 0.3 is 6.09 Å². The van der Waals surface area contributed by atoms with Crippen molar-refractivity contribution in [2.75, 3.05) is 6.54 Å². The van der Waals surface area contributed by atoms with Gasteiger partial charge in [-0.15, -0.1) is 0 Å². The minimum atomic E-state index is -0.516. The van der Waals surface area contributed by atoms with Crippen molar-refractivity contribution in [2.45, 2.75) is 26.4 Å². The third-order valence-corrected chi connectivity index (χ3v) is 2.10. The van der Waals surface area contributed by atoms with Crippen LogP contribution < -0.4 is 5.32 Å². The van der Waals surface area contributed by atoms with Crippen molar-refractivity contribution in [2.24, 2.45) is 4.99 Å². The Labute approximate surface area is 124 Å². The molecule has 0 unspecified atom stereocenters. The molecule has 1 amide bonds. The molecule has 104 valence electrons. The van der Waals surface area contributed by atoms with E-state index in [2.05, 4.69) is 39.5 Å². The summed E-state index contributed by atoms with van der Waals surface area (Å²) < 4.78 is 5.09. The molecule has 0 atom stereocenters. The summed E-state index contributed by atoms with van der Waals surface area (Å²) in [6.07, 6.45) is -0.489. The number of hydrogen-bond acceptors (Lipinski definition) is 4. The Bertz CT molecular complexity index is 588. The van der Waals surface area contributed by atoms with Gasteiger partial charge in [-0.2, -0.15) is 4.99 Å². The van der Waals surface area contributed by atoms with Crippen LogP contribution in [0.4, 0.5) is 10.5 Å². The van der Waals surface area contributed by atoms with Crippen molar-refractivity contribution in [1.29, 1.82) is 0 Å². The third kappa shape index (κ3) is 6.14. The van der Waals surface area contributed by atoms with Crippen molar-refractivity contribution >= 4 is 29.2 Å². The van der Waals surface area contributed by atoms with E-state index in [1.807, 2.05) is 18.2 Å². The summed E-state index contributed by atoms with van der Waals surface area (Å²) in [6.45, 7) is 5.61. The monoisotopic (exact) mass is 288 g/mol. The second-order valence-corrected chi connectivity index (χ2v) is 5.06. The van der Waals surface area contributed by atoms with Gasteiger partial charge in [0.25, 0.3) is 0 Å². The summed E-state index contributed by atoms with van der Waals surface area (Å²) >= 11 is 4.58. The lowest BCUT2D eigenvalue weighted by atomic mass is 10.2. The van der Waals surface area contributed by atoms with Crippen molar-refractivity contribution < 1.29 is 9.53 Å². The molecule has 0 aliphatic heterocycles. The van der Waals surface area contributed by atoms with E-state index in [0.29, 0.717) is 5.69 Å². The van der Waals surface area contributed by atoms with E-state index in [1.54, 1.807) is 26.8 Å². The first-order valence-corrected chi connectivity index (χ1v) is 6.46. The maximum Gasteiger partial charge on any atom is 0.408 e. The molecule has 1 N–H and O–H groups in total. The van der Waals surface area contributed by atoms with Crippen LogP contribution in [0.5, 0.6) is 0 Å². The van der Waals surface area contributed by atoms with Gasteiger partial charge in [0.05, 0.1) is 23.0 Å². The van der Waals surface area contributed by atoms with Crippen LogP contribution in [0.15, 0.2) is 29.3 Å². The second kappa shape index (κ2) is 7.44. The maximum atomic E-state index is 11.4. The SMILES string of the molecule is CC(C)(C)OC(=O)NCC#Cc1ccccc1N=C=S. The number of aliphatic imine (C=N–C) groups is 1. The molecule has 1 rings (SSSR count). The maximum absolute atomic E-state index is 11.4. The van der Waals surface area contributed by atoms with Gasteiger partial charge in [-0.3, -0.25) is 0 Å². The zero-order valence-electron chi connectivity index (χ0n) is 11.7. The molecule has 1 aromatic rings. The number of rotatable bonds is 2. The Morgan fingerprint density at radius 1 is 1.40 bits per heavy atom. The van der Waals surface area contributed by atoms with Crippen molar-refractivity contribution in [1.82, 2.24) is 5.32 Å². The molecule has 4 nitrogen and oxygen atoms in total. The minimum absolute atomic E-state index is 0.199. The molecule has 0 heterocycles. The lowest BCUT2D eigenvalue weighted by Gasteiger charge is -2.18. The first-order chi connectivity index (χ1) is 9.42. The number of thiocarbonyl (C=S) groups is 1. The lowest BCUT2D eigenvalue weighted by molar-refractivity contribution is 0.0535. The molecular formula is C15H16N2O2S. The molecule has 5 heteroatoms. The summed E-state index contributed by atoms with van der Waals surface area (Å²) in [7, 11) is 0. The van der Waals surface area contributed by atoms with Gasteiger partial charge in [-0.25, -0.2) is 4.79 Å². The molecule has 20 heavy (non-hydrogen) atoms. The highest BCUT2D eigenvalue weighted by molar-refractivity contribution is 7.78. The number of benzene rings is 1. The van der Waals surface area contributed by atoms with Gasteiger partial charge < -0.3 is 10.1 Å². The van der Waals surface area contributed by atoms with Crippen molar-refractivity contribution in [3.05, 3.63) is 29.8 Å². The van der Waals surface area contributed by atoms with Crippen LogP contribution in [0.1, 0.15) is 26.3 Å². The summed E-state index contributed by atoms with van der Waals surface area (Å²) in [5.41, 5.74) is 0.876. The van der Waals surface area contributed by atoms with Crippen LogP contribution in [0.3, 0.4) is 0 Å². The molecule has 0 aliphatic carbocycles. The number of nitrogens with zero attached hydrogens (tertiary/aromatic N) is 1. The number of carbonyl (C=O) groups excluding carboxylic acids is 1. The van der Waals surface area contributed by atoms with Gasteiger partial charge in [0.15, 0.2) is 0 Å². The Morgan fingerprint density at radius 2 is 2.10 bits per heavy atom. The van der Waals surface area contributed by atoms with Crippen LogP contribution in [0.25, 0.3) is 0 Å². The number of carbonyl (C=O) groups is 1. The molecule has 0 saturated carbocycles. The highest BCUT2D eigenvalue weighted by Crippen LogP contribution is 2.16. The smallest absolute Gasteiger partial charge is 0.408 e. The average Bonchev–Trinajstić information content (AvgIpc) is 2.34. The van der Waals surface area contributed by atoms with Gasteiger partial charge in [0, 0.05) is 0 Å². The summed E-state index contributed by atoms with van der Waals surface area (Å²) in [5, 5.41) is 4.87. The summed E-state index contributed by atoms with van der Waals surface area (Å²) in [5.74, 6) is 5.75. The van der Waals surface area contributed by atoms with E-state index >= 15 is 0 Å². The number of nitrogens with one attached hydrogen (secondary N) is 1. The lowest BCUT2D eigenvalue weighted by Crippen LogP contribution is -2.32. The Balaban J connectivity index is 2.59. The normalized spacial score (nSPS) is 9.75.